The Kier molecular flexibility index (Phi) is 7.02. The van der Waals surface area contributed by atoms with Crippen LogP contribution in [0.2, 0.25) is 0 Å². The van der Waals surface area contributed by atoms with E-state index in [9.17, 15) is 9.90 Å². The Morgan fingerprint density at radius 1 is 0.906 bits per heavy atom. The second-order valence-electron chi connectivity index (χ2n) is 7.42. The van der Waals surface area contributed by atoms with Crippen LogP contribution in [0.5, 0.6) is 5.75 Å². The molecule has 4 aromatic carbocycles. The number of phenols is 1. The Balaban J connectivity index is 1.55. The van der Waals surface area contributed by atoms with Crippen LogP contribution >= 0.6 is 31.9 Å². The van der Waals surface area contributed by atoms with E-state index in [0.717, 1.165) is 22.1 Å². The van der Waals surface area contributed by atoms with E-state index in [1.807, 2.05) is 42.5 Å². The third kappa shape index (κ3) is 5.26. The van der Waals surface area contributed by atoms with Crippen molar-refractivity contribution in [1.29, 1.82) is 0 Å². The van der Waals surface area contributed by atoms with Crippen molar-refractivity contribution in [1.82, 2.24) is 5.43 Å². The molecule has 1 atom stereocenters. The maximum atomic E-state index is 13.1. The molecule has 0 saturated carbocycles. The van der Waals surface area contributed by atoms with Gasteiger partial charge in [-0.2, -0.15) is 5.10 Å². The first-order valence-electron chi connectivity index (χ1n) is 10.0. The van der Waals surface area contributed by atoms with Crippen molar-refractivity contribution in [2.45, 2.75) is 12.3 Å². The molecule has 0 radical (unpaired) electrons. The number of nitrogens with zero attached hydrogens (tertiary/aromatic N) is 1. The molecule has 0 aliphatic heterocycles. The lowest BCUT2D eigenvalue weighted by Crippen LogP contribution is -2.27. The van der Waals surface area contributed by atoms with E-state index in [1.54, 1.807) is 18.3 Å². The summed E-state index contributed by atoms with van der Waals surface area (Å²) in [5.41, 5.74) is 5.43. The van der Waals surface area contributed by atoms with Gasteiger partial charge >= 0.3 is 0 Å². The number of nitrogens with one attached hydrogen (secondary N) is 1. The largest absolute Gasteiger partial charge is 0.506 e. The lowest BCUT2D eigenvalue weighted by Gasteiger charge is -2.16. The van der Waals surface area contributed by atoms with Crippen molar-refractivity contribution < 1.29 is 9.90 Å². The summed E-state index contributed by atoms with van der Waals surface area (Å²) in [7, 11) is 0. The van der Waals surface area contributed by atoms with Gasteiger partial charge in [0.15, 0.2) is 0 Å². The molecule has 1 amide bonds. The second kappa shape index (κ2) is 10.1. The zero-order chi connectivity index (χ0) is 22.5. The van der Waals surface area contributed by atoms with E-state index in [1.165, 1.54) is 5.39 Å². The summed E-state index contributed by atoms with van der Waals surface area (Å²) < 4.78 is 1.08. The lowest BCUT2D eigenvalue weighted by molar-refractivity contribution is -0.122. The van der Waals surface area contributed by atoms with Crippen molar-refractivity contribution >= 4 is 54.8 Å². The highest BCUT2D eigenvalue weighted by molar-refractivity contribution is 9.11. The lowest BCUT2D eigenvalue weighted by atomic mass is 9.90. The Morgan fingerprint density at radius 3 is 2.28 bits per heavy atom. The fourth-order valence-corrected chi connectivity index (χ4v) is 4.78. The molecule has 6 heteroatoms. The van der Waals surface area contributed by atoms with Gasteiger partial charge in [0.25, 0.3) is 0 Å². The predicted molar refractivity (Wildman–Crippen MR) is 136 cm³/mol. The number of carbonyl (C=O) groups excluding carboxylic acids is 1. The number of amides is 1. The summed E-state index contributed by atoms with van der Waals surface area (Å²) in [6, 6.07) is 27.7. The van der Waals surface area contributed by atoms with E-state index in [2.05, 4.69) is 72.7 Å². The molecule has 0 fully saturated rings. The minimum atomic E-state index is -0.382. The van der Waals surface area contributed by atoms with Crippen molar-refractivity contribution in [3.05, 3.63) is 111 Å². The minimum Gasteiger partial charge on any atom is -0.506 e. The van der Waals surface area contributed by atoms with E-state index < -0.39 is 0 Å². The third-order valence-electron chi connectivity index (χ3n) is 5.20. The van der Waals surface area contributed by atoms with Crippen molar-refractivity contribution in [2.75, 3.05) is 0 Å². The van der Waals surface area contributed by atoms with Crippen molar-refractivity contribution in [3.8, 4) is 5.75 Å². The van der Waals surface area contributed by atoms with E-state index in [0.29, 0.717) is 15.4 Å². The highest BCUT2D eigenvalue weighted by atomic mass is 79.9. The number of benzene rings is 4. The van der Waals surface area contributed by atoms with Crippen LogP contribution in [0.25, 0.3) is 10.8 Å². The van der Waals surface area contributed by atoms with Crippen LogP contribution in [-0.2, 0) is 11.2 Å². The molecule has 4 aromatic rings. The van der Waals surface area contributed by atoms with Gasteiger partial charge in [0, 0.05) is 0 Å². The first-order chi connectivity index (χ1) is 15.5. The number of phenolic OH excluding ortho intramolecular Hbond substituents is 1. The number of halogens is 2. The van der Waals surface area contributed by atoms with E-state index in [-0.39, 0.29) is 17.6 Å². The molecular formula is C26H20Br2N2O2. The summed E-state index contributed by atoms with van der Waals surface area (Å²) >= 11 is 6.59. The summed E-state index contributed by atoms with van der Waals surface area (Å²) in [5, 5.41) is 16.3. The van der Waals surface area contributed by atoms with Crippen molar-refractivity contribution in [3.63, 3.8) is 0 Å². The summed E-state index contributed by atoms with van der Waals surface area (Å²) in [5.74, 6) is -0.448. The normalized spacial score (nSPS) is 12.2. The first kappa shape index (κ1) is 22.2. The van der Waals surface area contributed by atoms with Crippen molar-refractivity contribution in [2.24, 2.45) is 5.10 Å². The Labute approximate surface area is 203 Å². The summed E-state index contributed by atoms with van der Waals surface area (Å²) in [6.45, 7) is 0. The second-order valence-corrected chi connectivity index (χ2v) is 9.12. The first-order valence-corrected chi connectivity index (χ1v) is 11.6. The fraction of sp³-hybridized carbons (Fsp3) is 0.0769. The van der Waals surface area contributed by atoms with Crippen LogP contribution in [0.15, 0.2) is 99.0 Å². The molecule has 2 N–H and O–H groups in total. The number of carbonyl (C=O) groups is 1. The van der Waals surface area contributed by atoms with Crippen LogP contribution in [-0.4, -0.2) is 17.2 Å². The highest BCUT2D eigenvalue weighted by Gasteiger charge is 2.21. The van der Waals surface area contributed by atoms with Gasteiger partial charge in [-0.3, -0.25) is 4.79 Å². The maximum Gasteiger partial charge on any atom is 0.247 e. The molecule has 4 rings (SSSR count). The monoisotopic (exact) mass is 550 g/mol. The number of hydrogen-bond donors (Lipinski definition) is 2. The molecule has 32 heavy (non-hydrogen) atoms. The number of hydrogen-bond acceptors (Lipinski definition) is 3. The topological polar surface area (TPSA) is 61.7 Å². The number of fused-ring (bicyclic) bond motifs is 1. The van der Waals surface area contributed by atoms with Crippen LogP contribution in [0.4, 0.5) is 0 Å². The summed E-state index contributed by atoms with van der Waals surface area (Å²) in [6.07, 6.45) is 2.11. The van der Waals surface area contributed by atoms with Gasteiger partial charge < -0.3 is 5.11 Å². The molecule has 0 bridgehead atoms. The molecule has 1 unspecified atom stereocenters. The molecule has 0 saturated heterocycles. The van der Waals surface area contributed by atoms with Crippen LogP contribution in [0.3, 0.4) is 0 Å². The smallest absolute Gasteiger partial charge is 0.247 e. The molecule has 0 heterocycles. The van der Waals surface area contributed by atoms with Crippen LogP contribution in [0.1, 0.15) is 22.6 Å². The average molecular weight is 552 g/mol. The van der Waals surface area contributed by atoms with Gasteiger partial charge in [0.2, 0.25) is 5.91 Å². The highest BCUT2D eigenvalue weighted by Crippen LogP contribution is 2.32. The Bertz CT molecular complexity index is 1270. The van der Waals surface area contributed by atoms with E-state index in [4.69, 9.17) is 0 Å². The molecule has 160 valence electrons. The van der Waals surface area contributed by atoms with Gasteiger partial charge in [0.05, 0.1) is 21.1 Å². The van der Waals surface area contributed by atoms with Gasteiger partial charge in [-0.1, -0.05) is 72.8 Å². The quantitative estimate of drug-likeness (QED) is 0.211. The molecule has 4 nitrogen and oxygen atoms in total. The molecular weight excluding hydrogens is 532 g/mol. The molecule has 0 aliphatic carbocycles. The van der Waals surface area contributed by atoms with Gasteiger partial charge in [-0.25, -0.2) is 5.43 Å². The number of hydrazone groups is 1. The molecule has 0 spiro atoms. The fourth-order valence-electron chi connectivity index (χ4n) is 3.56. The van der Waals surface area contributed by atoms with Gasteiger partial charge in [-0.15, -0.1) is 0 Å². The van der Waals surface area contributed by atoms with Gasteiger partial charge in [0.1, 0.15) is 5.75 Å². The van der Waals surface area contributed by atoms with Crippen LogP contribution < -0.4 is 5.43 Å². The number of rotatable bonds is 6. The Morgan fingerprint density at radius 2 is 1.56 bits per heavy atom. The standard InChI is InChI=1S/C26H20Br2N2O2/c27-23-14-18(15-24(28)25(23)31)16-29-30-26(32)22(20-7-2-1-3-8-20)13-17-10-11-19-6-4-5-9-21(19)12-17/h1-12,14-16,22,31H,13H2,(H,30,32)/b29-16-. The van der Waals surface area contributed by atoms with Gasteiger partial charge in [-0.05, 0) is 77.9 Å². The minimum absolute atomic E-state index is 0.116. The molecule has 0 aliphatic rings. The SMILES string of the molecule is O=C(N/N=C\c1cc(Br)c(O)c(Br)c1)C(Cc1ccc2ccccc2c1)c1ccccc1. The zero-order valence-corrected chi connectivity index (χ0v) is 20.2. The Hall–Kier alpha value is -2.96. The van der Waals surface area contributed by atoms with Crippen LogP contribution in [0, 0.1) is 0 Å². The number of aromatic hydroxyl groups is 1. The molecule has 0 aromatic heterocycles. The van der Waals surface area contributed by atoms with E-state index >= 15 is 0 Å². The summed E-state index contributed by atoms with van der Waals surface area (Å²) in [4.78, 5) is 13.1. The average Bonchev–Trinajstić information content (AvgIpc) is 2.81. The maximum absolute atomic E-state index is 13.1. The zero-order valence-electron chi connectivity index (χ0n) is 17.0. The predicted octanol–water partition coefficient (Wildman–Crippen LogP) is 6.55. The third-order valence-corrected chi connectivity index (χ3v) is 6.41.